The number of rotatable bonds is 4. The number of anilines is 1. The number of amides is 1. The summed E-state index contributed by atoms with van der Waals surface area (Å²) in [5.74, 6) is 0.905. The molecule has 0 bridgehead atoms. The van der Waals surface area contributed by atoms with E-state index in [1.807, 2.05) is 17.9 Å². The molecule has 1 atom stereocenters. The van der Waals surface area contributed by atoms with Gasteiger partial charge in [-0.2, -0.15) is 5.10 Å². The number of aromatic nitrogens is 3. The van der Waals surface area contributed by atoms with Crippen molar-refractivity contribution in [3.8, 4) is 0 Å². The quantitative estimate of drug-likeness (QED) is 0.932. The Labute approximate surface area is 140 Å². The Morgan fingerprint density at radius 2 is 2.30 bits per heavy atom. The maximum absolute atomic E-state index is 12.2. The molecule has 7 heteroatoms. The number of nitrogens with zero attached hydrogens (tertiary/aromatic N) is 4. The van der Waals surface area contributed by atoms with E-state index in [4.69, 9.17) is 11.6 Å². The molecule has 1 fully saturated rings. The minimum absolute atomic E-state index is 0.0505. The van der Waals surface area contributed by atoms with Gasteiger partial charge in [0.15, 0.2) is 0 Å². The molecule has 23 heavy (non-hydrogen) atoms. The van der Waals surface area contributed by atoms with Crippen LogP contribution >= 0.6 is 11.6 Å². The smallest absolute Gasteiger partial charge is 0.239 e. The lowest BCUT2D eigenvalue weighted by atomic mass is 9.94. The van der Waals surface area contributed by atoms with Crippen molar-refractivity contribution in [1.82, 2.24) is 19.7 Å². The molecule has 0 aromatic carbocycles. The van der Waals surface area contributed by atoms with Crippen LogP contribution in [0.15, 0.2) is 30.6 Å². The monoisotopic (exact) mass is 333 g/mol. The first-order valence-corrected chi connectivity index (χ1v) is 8.11. The number of halogens is 1. The number of carbonyl (C=O) groups is 1. The molecule has 0 aliphatic carbocycles. The Morgan fingerprint density at radius 3 is 3.00 bits per heavy atom. The molecule has 0 saturated carbocycles. The van der Waals surface area contributed by atoms with Crippen LogP contribution in [0.5, 0.6) is 0 Å². The third-order valence-electron chi connectivity index (χ3n) is 4.14. The molecule has 0 radical (unpaired) electrons. The van der Waals surface area contributed by atoms with E-state index in [1.54, 1.807) is 12.1 Å². The van der Waals surface area contributed by atoms with Crippen molar-refractivity contribution >= 4 is 23.3 Å². The van der Waals surface area contributed by atoms with Gasteiger partial charge >= 0.3 is 0 Å². The number of pyridine rings is 1. The topological polar surface area (TPSA) is 63.1 Å². The van der Waals surface area contributed by atoms with E-state index in [0.717, 1.165) is 25.9 Å². The molecular weight excluding hydrogens is 314 g/mol. The fourth-order valence-electron chi connectivity index (χ4n) is 3.06. The lowest BCUT2D eigenvalue weighted by Gasteiger charge is -2.32. The van der Waals surface area contributed by atoms with E-state index < -0.39 is 0 Å². The first kappa shape index (κ1) is 16.0. The molecule has 1 saturated heterocycles. The average molecular weight is 334 g/mol. The van der Waals surface area contributed by atoms with Gasteiger partial charge in [0.05, 0.1) is 11.6 Å². The van der Waals surface area contributed by atoms with Gasteiger partial charge in [0, 0.05) is 37.6 Å². The van der Waals surface area contributed by atoms with Crippen molar-refractivity contribution in [2.24, 2.45) is 7.05 Å². The van der Waals surface area contributed by atoms with Crippen LogP contribution in [0.4, 0.5) is 5.82 Å². The highest BCUT2D eigenvalue weighted by Crippen LogP contribution is 2.26. The van der Waals surface area contributed by atoms with Crippen molar-refractivity contribution in [3.05, 3.63) is 41.3 Å². The molecule has 2 aromatic rings. The molecule has 1 aliphatic heterocycles. The molecule has 0 unspecified atom stereocenters. The van der Waals surface area contributed by atoms with Gasteiger partial charge in [-0.05, 0) is 37.6 Å². The highest BCUT2D eigenvalue weighted by atomic mass is 35.5. The Morgan fingerprint density at radius 1 is 1.43 bits per heavy atom. The lowest BCUT2D eigenvalue weighted by molar-refractivity contribution is -0.117. The van der Waals surface area contributed by atoms with Crippen LogP contribution in [0.1, 0.15) is 24.5 Å². The zero-order valence-electron chi connectivity index (χ0n) is 13.1. The number of nitrogens with one attached hydrogen (secondary N) is 1. The summed E-state index contributed by atoms with van der Waals surface area (Å²) in [6.07, 6.45) is 5.57. The summed E-state index contributed by atoms with van der Waals surface area (Å²) in [4.78, 5) is 18.5. The van der Waals surface area contributed by atoms with Crippen LogP contribution in [0, 0.1) is 0 Å². The van der Waals surface area contributed by atoms with Crippen molar-refractivity contribution in [2.45, 2.75) is 18.8 Å². The van der Waals surface area contributed by atoms with Crippen molar-refractivity contribution in [1.29, 1.82) is 0 Å². The highest BCUT2D eigenvalue weighted by Gasteiger charge is 2.24. The summed E-state index contributed by atoms with van der Waals surface area (Å²) < 4.78 is 1.92. The number of hydrogen-bond acceptors (Lipinski definition) is 4. The van der Waals surface area contributed by atoms with Gasteiger partial charge in [-0.3, -0.25) is 14.4 Å². The summed E-state index contributed by atoms with van der Waals surface area (Å²) in [6.45, 7) is 2.19. The Kier molecular flexibility index (Phi) is 4.93. The van der Waals surface area contributed by atoms with Crippen molar-refractivity contribution < 1.29 is 4.79 Å². The van der Waals surface area contributed by atoms with Gasteiger partial charge in [-0.25, -0.2) is 4.98 Å². The number of aryl methyl sites for hydroxylation is 1. The maximum Gasteiger partial charge on any atom is 0.239 e. The molecule has 1 N–H and O–H groups in total. The number of carbonyl (C=O) groups excluding carboxylic acids is 1. The standard InChI is InChI=1S/C16H20ClN5O/c1-21-14(6-7-19-21)12-3-2-8-22(10-12)11-16(23)20-15-5-4-13(17)9-18-15/h4-7,9,12H,2-3,8,10-11H2,1H3,(H,18,20,23)/t12-/m1/s1. The number of likely N-dealkylation sites (tertiary alicyclic amines) is 1. The first-order valence-electron chi connectivity index (χ1n) is 7.73. The van der Waals surface area contributed by atoms with Crippen molar-refractivity contribution in [3.63, 3.8) is 0 Å². The Bertz CT molecular complexity index is 669. The summed E-state index contributed by atoms with van der Waals surface area (Å²) in [6, 6.07) is 5.48. The zero-order chi connectivity index (χ0) is 16.2. The van der Waals surface area contributed by atoms with Gasteiger partial charge in [0.2, 0.25) is 5.91 Å². The third kappa shape index (κ3) is 4.09. The SMILES string of the molecule is Cn1nccc1[C@@H]1CCCN(CC(=O)Nc2ccc(Cl)cn2)C1. The lowest BCUT2D eigenvalue weighted by Crippen LogP contribution is -2.40. The van der Waals surface area contributed by atoms with Crippen LogP contribution < -0.4 is 5.32 Å². The molecule has 3 rings (SSSR count). The van der Waals surface area contributed by atoms with Gasteiger partial charge in [-0.1, -0.05) is 11.6 Å². The predicted molar refractivity (Wildman–Crippen MR) is 89.5 cm³/mol. The Balaban J connectivity index is 1.56. The molecule has 0 spiro atoms. The molecule has 3 heterocycles. The van der Waals surface area contributed by atoms with Gasteiger partial charge in [-0.15, -0.1) is 0 Å². The fraction of sp³-hybridized carbons (Fsp3) is 0.438. The van der Waals surface area contributed by atoms with E-state index in [2.05, 4.69) is 26.4 Å². The molecular formula is C16H20ClN5O. The van der Waals surface area contributed by atoms with E-state index in [9.17, 15) is 4.79 Å². The van der Waals surface area contributed by atoms with Crippen LogP contribution in [0.2, 0.25) is 5.02 Å². The minimum Gasteiger partial charge on any atom is -0.310 e. The van der Waals surface area contributed by atoms with E-state index in [1.165, 1.54) is 11.9 Å². The second kappa shape index (κ2) is 7.10. The summed E-state index contributed by atoms with van der Waals surface area (Å²) in [7, 11) is 1.97. The van der Waals surface area contributed by atoms with Crippen LogP contribution in [-0.4, -0.2) is 45.2 Å². The average Bonchev–Trinajstić information content (AvgIpc) is 2.96. The summed E-state index contributed by atoms with van der Waals surface area (Å²) in [5, 5.41) is 7.60. The normalized spacial score (nSPS) is 18.8. The van der Waals surface area contributed by atoms with E-state index in [-0.39, 0.29) is 5.91 Å². The summed E-state index contributed by atoms with van der Waals surface area (Å²) in [5.41, 5.74) is 1.23. The van der Waals surface area contributed by atoms with Gasteiger partial charge in [0.25, 0.3) is 0 Å². The third-order valence-corrected chi connectivity index (χ3v) is 4.37. The molecule has 1 aliphatic rings. The molecule has 6 nitrogen and oxygen atoms in total. The van der Waals surface area contributed by atoms with E-state index >= 15 is 0 Å². The van der Waals surface area contributed by atoms with Crippen LogP contribution in [0.3, 0.4) is 0 Å². The van der Waals surface area contributed by atoms with E-state index in [0.29, 0.717) is 23.3 Å². The summed E-state index contributed by atoms with van der Waals surface area (Å²) >= 11 is 5.79. The zero-order valence-corrected chi connectivity index (χ0v) is 13.8. The molecule has 1 amide bonds. The van der Waals surface area contributed by atoms with Gasteiger partial charge < -0.3 is 5.32 Å². The predicted octanol–water partition coefficient (Wildman–Crippen LogP) is 2.29. The number of piperidine rings is 1. The van der Waals surface area contributed by atoms with Crippen molar-refractivity contribution in [2.75, 3.05) is 25.0 Å². The minimum atomic E-state index is -0.0505. The largest absolute Gasteiger partial charge is 0.310 e. The second-order valence-corrected chi connectivity index (χ2v) is 6.30. The fourth-order valence-corrected chi connectivity index (χ4v) is 3.17. The number of hydrogen-bond donors (Lipinski definition) is 1. The second-order valence-electron chi connectivity index (χ2n) is 5.86. The maximum atomic E-state index is 12.2. The van der Waals surface area contributed by atoms with Crippen LogP contribution in [0.25, 0.3) is 0 Å². The highest BCUT2D eigenvalue weighted by molar-refractivity contribution is 6.30. The molecule has 2 aromatic heterocycles. The molecule has 122 valence electrons. The van der Waals surface area contributed by atoms with Crippen LogP contribution in [-0.2, 0) is 11.8 Å². The first-order chi connectivity index (χ1) is 11.1. The Hall–Kier alpha value is -1.92. The van der Waals surface area contributed by atoms with Gasteiger partial charge in [0.1, 0.15) is 5.82 Å².